The van der Waals surface area contributed by atoms with Crippen molar-refractivity contribution in [2.45, 2.75) is 13.3 Å². The lowest BCUT2D eigenvalue weighted by molar-refractivity contribution is -0.130. The Bertz CT molecular complexity index is 877. The first-order valence-electron chi connectivity index (χ1n) is 10.4. The van der Waals surface area contributed by atoms with Gasteiger partial charge in [0.05, 0.1) is 26.7 Å². The van der Waals surface area contributed by atoms with Crippen LogP contribution < -0.4 is 14.5 Å². The quantitative estimate of drug-likeness (QED) is 0.739. The van der Waals surface area contributed by atoms with Gasteiger partial charge in [-0.3, -0.25) is 4.79 Å². The van der Waals surface area contributed by atoms with Crippen molar-refractivity contribution in [3.05, 3.63) is 41.7 Å². The molecule has 8 heteroatoms. The second-order valence-electron chi connectivity index (χ2n) is 7.68. The molecule has 2 fully saturated rings. The molecule has 0 radical (unpaired) electrons. The van der Waals surface area contributed by atoms with Gasteiger partial charge < -0.3 is 24.2 Å². The van der Waals surface area contributed by atoms with Crippen LogP contribution in [0.15, 0.2) is 30.6 Å². The van der Waals surface area contributed by atoms with E-state index >= 15 is 0 Å². The summed E-state index contributed by atoms with van der Waals surface area (Å²) in [5.41, 5.74) is 2.07. The minimum absolute atomic E-state index is 0.163. The molecule has 1 amide bonds. The standard InChI is InChI=1S/C22H29N5O3/c1-17-13-18(3-4-19(17)29-2)14-22(28)27-7-5-25(6-8-27)20-15-21(24-16-23-20)26-9-11-30-12-10-26/h3-4,13,15-16H,5-12,14H2,1-2H3. The number of anilines is 2. The molecular weight excluding hydrogens is 382 g/mol. The zero-order valence-corrected chi connectivity index (χ0v) is 17.7. The Hall–Kier alpha value is -2.87. The second kappa shape index (κ2) is 9.30. The summed E-state index contributed by atoms with van der Waals surface area (Å²) in [7, 11) is 1.66. The summed E-state index contributed by atoms with van der Waals surface area (Å²) in [4.78, 5) is 28.1. The van der Waals surface area contributed by atoms with Crippen molar-refractivity contribution >= 4 is 17.5 Å². The van der Waals surface area contributed by atoms with E-state index in [-0.39, 0.29) is 5.91 Å². The third-order valence-electron chi connectivity index (χ3n) is 5.74. The number of nitrogens with zero attached hydrogens (tertiary/aromatic N) is 5. The summed E-state index contributed by atoms with van der Waals surface area (Å²) in [5.74, 6) is 2.87. The largest absolute Gasteiger partial charge is 0.496 e. The summed E-state index contributed by atoms with van der Waals surface area (Å²) in [6.07, 6.45) is 2.04. The van der Waals surface area contributed by atoms with E-state index in [1.54, 1.807) is 13.4 Å². The number of methoxy groups -OCH3 is 1. The van der Waals surface area contributed by atoms with Crippen molar-refractivity contribution < 1.29 is 14.3 Å². The molecule has 1 aromatic carbocycles. The predicted octanol–water partition coefficient (Wildman–Crippen LogP) is 1.52. The minimum atomic E-state index is 0.163. The van der Waals surface area contributed by atoms with E-state index < -0.39 is 0 Å². The molecule has 2 saturated heterocycles. The molecule has 160 valence electrons. The van der Waals surface area contributed by atoms with Crippen LogP contribution in [0.1, 0.15) is 11.1 Å². The van der Waals surface area contributed by atoms with Crippen LogP contribution in [0.3, 0.4) is 0 Å². The van der Waals surface area contributed by atoms with Crippen LogP contribution in [0, 0.1) is 6.92 Å². The number of hydrogen-bond acceptors (Lipinski definition) is 7. The Morgan fingerprint density at radius 1 is 1.00 bits per heavy atom. The molecule has 0 bridgehead atoms. The number of rotatable bonds is 5. The summed E-state index contributed by atoms with van der Waals surface area (Å²) in [5, 5.41) is 0. The number of carbonyl (C=O) groups excluding carboxylic acids is 1. The normalized spacial score (nSPS) is 17.2. The number of amides is 1. The fourth-order valence-electron chi connectivity index (χ4n) is 4.00. The number of piperazine rings is 1. The lowest BCUT2D eigenvalue weighted by atomic mass is 10.1. The lowest BCUT2D eigenvalue weighted by Gasteiger charge is -2.36. The van der Waals surface area contributed by atoms with Gasteiger partial charge in [-0.25, -0.2) is 9.97 Å². The van der Waals surface area contributed by atoms with Crippen LogP contribution in [0.4, 0.5) is 11.6 Å². The number of aryl methyl sites for hydroxylation is 1. The third-order valence-corrected chi connectivity index (χ3v) is 5.74. The number of hydrogen-bond donors (Lipinski definition) is 0. The number of morpholine rings is 1. The van der Waals surface area contributed by atoms with Crippen LogP contribution in [0.25, 0.3) is 0 Å². The average molecular weight is 412 g/mol. The zero-order valence-electron chi connectivity index (χ0n) is 17.7. The molecule has 30 heavy (non-hydrogen) atoms. The average Bonchev–Trinajstić information content (AvgIpc) is 2.80. The molecule has 8 nitrogen and oxygen atoms in total. The molecule has 4 rings (SSSR count). The first-order chi connectivity index (χ1) is 14.6. The molecule has 2 aliphatic heterocycles. The SMILES string of the molecule is COc1ccc(CC(=O)N2CCN(c3cc(N4CCOCC4)ncn3)CC2)cc1C. The van der Waals surface area contributed by atoms with Gasteiger partial charge in [0.2, 0.25) is 5.91 Å². The van der Waals surface area contributed by atoms with Crippen LogP contribution in [0.2, 0.25) is 0 Å². The highest BCUT2D eigenvalue weighted by Crippen LogP contribution is 2.21. The van der Waals surface area contributed by atoms with Crippen molar-refractivity contribution in [2.24, 2.45) is 0 Å². The monoisotopic (exact) mass is 411 g/mol. The molecule has 0 saturated carbocycles. The molecule has 0 spiro atoms. The predicted molar refractivity (Wildman–Crippen MR) is 115 cm³/mol. The third kappa shape index (κ3) is 4.64. The highest BCUT2D eigenvalue weighted by molar-refractivity contribution is 5.79. The van der Waals surface area contributed by atoms with Crippen molar-refractivity contribution in [1.29, 1.82) is 0 Å². The molecule has 0 aliphatic carbocycles. The first-order valence-corrected chi connectivity index (χ1v) is 10.4. The Morgan fingerprint density at radius 2 is 1.67 bits per heavy atom. The maximum absolute atomic E-state index is 12.8. The molecule has 0 unspecified atom stereocenters. The van der Waals surface area contributed by atoms with E-state index in [2.05, 4.69) is 19.8 Å². The minimum Gasteiger partial charge on any atom is -0.496 e. The molecule has 1 aromatic heterocycles. The summed E-state index contributed by atoms with van der Waals surface area (Å²) < 4.78 is 10.7. The van der Waals surface area contributed by atoms with Crippen LogP contribution in [-0.2, 0) is 16.0 Å². The Morgan fingerprint density at radius 3 is 2.30 bits per heavy atom. The number of ether oxygens (including phenoxy) is 2. The van der Waals surface area contributed by atoms with Gasteiger partial charge in [-0.05, 0) is 24.1 Å². The molecule has 3 heterocycles. The maximum Gasteiger partial charge on any atom is 0.227 e. The van der Waals surface area contributed by atoms with E-state index in [4.69, 9.17) is 9.47 Å². The topological polar surface area (TPSA) is 71.0 Å². The van der Waals surface area contributed by atoms with E-state index in [0.29, 0.717) is 19.5 Å². The zero-order chi connectivity index (χ0) is 20.9. The molecule has 0 atom stereocenters. The maximum atomic E-state index is 12.8. The van der Waals surface area contributed by atoms with Crippen molar-refractivity contribution in [3.63, 3.8) is 0 Å². The summed E-state index contributed by atoms with van der Waals surface area (Å²) in [6.45, 7) is 8.10. The first kappa shape index (κ1) is 20.4. The second-order valence-corrected chi connectivity index (χ2v) is 7.68. The fourth-order valence-corrected chi connectivity index (χ4v) is 4.00. The Kier molecular flexibility index (Phi) is 6.32. The van der Waals surface area contributed by atoms with E-state index in [1.807, 2.05) is 36.1 Å². The highest BCUT2D eigenvalue weighted by atomic mass is 16.5. The van der Waals surface area contributed by atoms with Crippen LogP contribution in [-0.4, -0.2) is 80.4 Å². The van der Waals surface area contributed by atoms with Crippen molar-refractivity contribution in [3.8, 4) is 5.75 Å². The molecule has 2 aliphatic rings. The van der Waals surface area contributed by atoms with Crippen molar-refractivity contribution in [1.82, 2.24) is 14.9 Å². The van der Waals surface area contributed by atoms with Gasteiger partial charge in [0.25, 0.3) is 0 Å². The van der Waals surface area contributed by atoms with Gasteiger partial charge in [0.15, 0.2) is 0 Å². The van der Waals surface area contributed by atoms with Crippen LogP contribution >= 0.6 is 0 Å². The summed E-state index contributed by atoms with van der Waals surface area (Å²) >= 11 is 0. The fraction of sp³-hybridized carbons (Fsp3) is 0.500. The molecular formula is C22H29N5O3. The van der Waals surface area contributed by atoms with Gasteiger partial charge in [-0.15, -0.1) is 0 Å². The number of benzene rings is 1. The number of aromatic nitrogens is 2. The van der Waals surface area contributed by atoms with Gasteiger partial charge >= 0.3 is 0 Å². The van der Waals surface area contributed by atoms with Crippen LogP contribution in [0.5, 0.6) is 5.75 Å². The molecule has 0 N–H and O–H groups in total. The lowest BCUT2D eigenvalue weighted by Crippen LogP contribution is -2.49. The van der Waals surface area contributed by atoms with Gasteiger partial charge in [-0.2, -0.15) is 0 Å². The van der Waals surface area contributed by atoms with Crippen molar-refractivity contribution in [2.75, 3.05) is 69.4 Å². The van der Waals surface area contributed by atoms with E-state index in [9.17, 15) is 4.79 Å². The van der Waals surface area contributed by atoms with E-state index in [0.717, 1.165) is 67.9 Å². The Labute approximate surface area is 177 Å². The van der Waals surface area contributed by atoms with Gasteiger partial charge in [0.1, 0.15) is 23.7 Å². The number of carbonyl (C=O) groups is 1. The smallest absolute Gasteiger partial charge is 0.227 e. The van der Waals surface area contributed by atoms with Gasteiger partial charge in [-0.1, -0.05) is 12.1 Å². The van der Waals surface area contributed by atoms with Gasteiger partial charge in [0, 0.05) is 45.3 Å². The molecule has 2 aromatic rings. The summed E-state index contributed by atoms with van der Waals surface area (Å²) in [6, 6.07) is 7.97. The highest BCUT2D eigenvalue weighted by Gasteiger charge is 2.23. The Balaban J connectivity index is 1.33. The van der Waals surface area contributed by atoms with E-state index in [1.165, 1.54) is 0 Å².